The lowest BCUT2D eigenvalue weighted by atomic mass is 9.84. The van der Waals surface area contributed by atoms with Crippen LogP contribution in [-0.4, -0.2) is 19.5 Å². The molecular weight excluding hydrogens is 334 g/mol. The van der Waals surface area contributed by atoms with E-state index in [1.165, 1.54) is 0 Å². The lowest BCUT2D eigenvalue weighted by Gasteiger charge is -2.26. The topological polar surface area (TPSA) is 57.4 Å². The number of nitriles is 1. The lowest BCUT2D eigenvalue weighted by Crippen LogP contribution is -2.31. The average molecular weight is 353 g/mol. The molecule has 1 aliphatic rings. The van der Waals surface area contributed by atoms with Crippen molar-refractivity contribution in [2.45, 2.75) is 5.54 Å². The Morgan fingerprint density at radius 3 is 2.41 bits per heavy atom. The molecule has 1 heterocycles. The van der Waals surface area contributed by atoms with Crippen molar-refractivity contribution >= 4 is 5.84 Å². The number of methoxy groups -OCH3 is 1. The van der Waals surface area contributed by atoms with Gasteiger partial charge in [-0.2, -0.15) is 5.26 Å². The van der Waals surface area contributed by atoms with Gasteiger partial charge in [-0.15, -0.1) is 0 Å². The van der Waals surface area contributed by atoms with Crippen LogP contribution in [0.1, 0.15) is 22.3 Å². The summed E-state index contributed by atoms with van der Waals surface area (Å²) in [5, 5.41) is 12.6. The summed E-state index contributed by atoms with van der Waals surface area (Å²) in [7, 11) is 1.66. The highest BCUT2D eigenvalue weighted by Gasteiger charge is 2.38. The summed E-state index contributed by atoms with van der Waals surface area (Å²) in [6.45, 7) is 0.648. The molecular formula is C23H19N3O. The van der Waals surface area contributed by atoms with Crippen molar-refractivity contribution in [3.05, 3.63) is 101 Å². The van der Waals surface area contributed by atoms with Crippen molar-refractivity contribution in [3.63, 3.8) is 0 Å². The molecule has 1 aliphatic heterocycles. The minimum atomic E-state index is -0.522. The summed E-state index contributed by atoms with van der Waals surface area (Å²) >= 11 is 0. The SMILES string of the molecule is COc1ccc(C2(c3ccccc3)CNC(c3cccc(C#N)c3)=N2)cc1. The molecule has 1 atom stereocenters. The second-order valence-corrected chi connectivity index (χ2v) is 6.46. The second-order valence-electron chi connectivity index (χ2n) is 6.46. The first kappa shape index (κ1) is 16.9. The van der Waals surface area contributed by atoms with Crippen molar-refractivity contribution in [2.75, 3.05) is 13.7 Å². The van der Waals surface area contributed by atoms with Crippen LogP contribution in [0.5, 0.6) is 5.75 Å². The van der Waals surface area contributed by atoms with Crippen LogP contribution in [0.4, 0.5) is 0 Å². The Morgan fingerprint density at radius 1 is 0.963 bits per heavy atom. The molecule has 3 aromatic rings. The molecule has 0 fully saturated rings. The largest absolute Gasteiger partial charge is 0.497 e. The normalized spacial score (nSPS) is 18.3. The predicted molar refractivity (Wildman–Crippen MR) is 106 cm³/mol. The van der Waals surface area contributed by atoms with E-state index in [1.807, 2.05) is 48.5 Å². The number of nitrogens with zero attached hydrogens (tertiary/aromatic N) is 2. The van der Waals surface area contributed by atoms with Crippen LogP contribution in [0.25, 0.3) is 0 Å². The third-order valence-corrected chi connectivity index (χ3v) is 4.90. The Hall–Kier alpha value is -3.58. The summed E-state index contributed by atoms with van der Waals surface area (Å²) < 4.78 is 5.30. The molecule has 1 N–H and O–H groups in total. The molecule has 0 aliphatic carbocycles. The third kappa shape index (κ3) is 3.04. The van der Waals surface area contributed by atoms with Gasteiger partial charge in [0.1, 0.15) is 17.1 Å². The Balaban J connectivity index is 1.84. The number of nitrogens with one attached hydrogen (secondary N) is 1. The number of rotatable bonds is 4. The summed E-state index contributed by atoms with van der Waals surface area (Å²) in [5.41, 5.74) is 3.23. The molecule has 1 unspecified atom stereocenters. The van der Waals surface area contributed by atoms with Crippen molar-refractivity contribution in [2.24, 2.45) is 4.99 Å². The molecule has 0 aromatic heterocycles. The number of aliphatic imine (C=N–C) groups is 1. The first-order valence-corrected chi connectivity index (χ1v) is 8.79. The monoisotopic (exact) mass is 353 g/mol. The van der Waals surface area contributed by atoms with E-state index in [1.54, 1.807) is 13.2 Å². The van der Waals surface area contributed by atoms with E-state index >= 15 is 0 Å². The Labute approximate surface area is 158 Å². The number of ether oxygens (including phenoxy) is 1. The molecule has 0 spiro atoms. The van der Waals surface area contributed by atoms with E-state index in [-0.39, 0.29) is 0 Å². The van der Waals surface area contributed by atoms with E-state index in [0.717, 1.165) is 28.3 Å². The summed E-state index contributed by atoms with van der Waals surface area (Å²) in [6, 6.07) is 28.0. The zero-order valence-electron chi connectivity index (χ0n) is 15.0. The van der Waals surface area contributed by atoms with Gasteiger partial charge in [-0.05, 0) is 35.4 Å². The molecule has 4 rings (SSSR count). The smallest absolute Gasteiger partial charge is 0.130 e. The van der Waals surface area contributed by atoms with Gasteiger partial charge in [0.05, 0.1) is 18.7 Å². The fraction of sp³-hybridized carbons (Fsp3) is 0.130. The lowest BCUT2D eigenvalue weighted by molar-refractivity contribution is 0.414. The number of amidine groups is 1. The van der Waals surface area contributed by atoms with Gasteiger partial charge in [-0.1, -0.05) is 54.6 Å². The summed E-state index contributed by atoms with van der Waals surface area (Å²) in [5.74, 6) is 1.62. The van der Waals surface area contributed by atoms with Gasteiger partial charge in [0.25, 0.3) is 0 Å². The molecule has 132 valence electrons. The van der Waals surface area contributed by atoms with Gasteiger partial charge in [0.2, 0.25) is 0 Å². The summed E-state index contributed by atoms with van der Waals surface area (Å²) in [6.07, 6.45) is 0. The molecule has 0 amide bonds. The maximum Gasteiger partial charge on any atom is 0.130 e. The van der Waals surface area contributed by atoms with Crippen LogP contribution < -0.4 is 10.1 Å². The highest BCUT2D eigenvalue weighted by Crippen LogP contribution is 2.37. The zero-order chi connectivity index (χ0) is 18.7. The predicted octanol–water partition coefficient (Wildman–Crippen LogP) is 3.86. The third-order valence-electron chi connectivity index (χ3n) is 4.90. The first-order chi connectivity index (χ1) is 13.2. The van der Waals surface area contributed by atoms with Crippen LogP contribution in [0, 0.1) is 11.3 Å². The van der Waals surface area contributed by atoms with E-state index in [2.05, 4.69) is 35.7 Å². The van der Waals surface area contributed by atoms with Crippen LogP contribution in [-0.2, 0) is 5.54 Å². The number of hydrogen-bond acceptors (Lipinski definition) is 4. The molecule has 0 bridgehead atoms. The van der Waals surface area contributed by atoms with Crippen LogP contribution >= 0.6 is 0 Å². The van der Waals surface area contributed by atoms with Crippen molar-refractivity contribution < 1.29 is 4.74 Å². The van der Waals surface area contributed by atoms with E-state index in [0.29, 0.717) is 12.1 Å². The molecule has 3 aromatic carbocycles. The minimum Gasteiger partial charge on any atom is -0.497 e. The standard InChI is InChI=1S/C23H19N3O/c1-27-21-12-10-20(11-13-21)23(19-8-3-2-4-9-19)16-25-22(26-23)18-7-5-6-17(14-18)15-24/h2-14H,16H2,1H3,(H,25,26). The fourth-order valence-corrected chi connectivity index (χ4v) is 3.46. The highest BCUT2D eigenvalue weighted by molar-refractivity contribution is 6.01. The average Bonchev–Trinajstić information content (AvgIpc) is 3.21. The minimum absolute atomic E-state index is 0.522. The van der Waals surface area contributed by atoms with Crippen LogP contribution in [0.3, 0.4) is 0 Å². The fourth-order valence-electron chi connectivity index (χ4n) is 3.46. The maximum absolute atomic E-state index is 9.19. The first-order valence-electron chi connectivity index (χ1n) is 8.79. The van der Waals surface area contributed by atoms with Gasteiger partial charge < -0.3 is 10.1 Å². The van der Waals surface area contributed by atoms with E-state index in [4.69, 9.17) is 9.73 Å². The van der Waals surface area contributed by atoms with Gasteiger partial charge in [0, 0.05) is 12.1 Å². The van der Waals surface area contributed by atoms with Crippen LogP contribution in [0.2, 0.25) is 0 Å². The second kappa shape index (κ2) is 6.97. The number of benzene rings is 3. The quantitative estimate of drug-likeness (QED) is 0.775. The molecule has 4 heteroatoms. The van der Waals surface area contributed by atoms with Crippen molar-refractivity contribution in [3.8, 4) is 11.8 Å². The molecule has 4 nitrogen and oxygen atoms in total. The maximum atomic E-state index is 9.19. The van der Waals surface area contributed by atoms with Gasteiger partial charge in [-0.25, -0.2) is 4.99 Å². The van der Waals surface area contributed by atoms with Gasteiger partial charge in [0.15, 0.2) is 0 Å². The van der Waals surface area contributed by atoms with Crippen molar-refractivity contribution in [1.29, 1.82) is 5.26 Å². The molecule has 0 saturated heterocycles. The Bertz CT molecular complexity index is 1020. The van der Waals surface area contributed by atoms with Gasteiger partial charge in [-0.3, -0.25) is 0 Å². The van der Waals surface area contributed by atoms with Crippen LogP contribution in [0.15, 0.2) is 83.9 Å². The number of hydrogen-bond donors (Lipinski definition) is 1. The van der Waals surface area contributed by atoms with E-state index in [9.17, 15) is 5.26 Å². The Kier molecular flexibility index (Phi) is 4.35. The molecule has 0 radical (unpaired) electrons. The van der Waals surface area contributed by atoms with Gasteiger partial charge >= 0.3 is 0 Å². The van der Waals surface area contributed by atoms with Crippen molar-refractivity contribution in [1.82, 2.24) is 5.32 Å². The molecule has 0 saturated carbocycles. The van der Waals surface area contributed by atoms with E-state index < -0.39 is 5.54 Å². The summed E-state index contributed by atoms with van der Waals surface area (Å²) in [4.78, 5) is 5.12. The molecule has 27 heavy (non-hydrogen) atoms. The zero-order valence-corrected chi connectivity index (χ0v) is 15.0. The highest BCUT2D eigenvalue weighted by atomic mass is 16.5. The Morgan fingerprint density at radius 2 is 1.70 bits per heavy atom.